The third kappa shape index (κ3) is 7.11. The number of benzene rings is 1. The van der Waals surface area contributed by atoms with Crippen LogP contribution in [0.1, 0.15) is 75.6 Å². The molecular weight excluding hydrogens is 304 g/mol. The van der Waals surface area contributed by atoms with Crippen LogP contribution in [0.4, 0.5) is 5.69 Å². The molecule has 1 amide bonds. The molecule has 0 spiro atoms. The SMILES string of the molecule is CCCCCCCCCCN(CC)C(=O)c1ccc([N+](=O)[O-])cc1. The lowest BCUT2D eigenvalue weighted by molar-refractivity contribution is -0.384. The van der Waals surface area contributed by atoms with Crippen molar-refractivity contribution in [3.8, 4) is 0 Å². The molecule has 134 valence electrons. The summed E-state index contributed by atoms with van der Waals surface area (Å²) in [5.41, 5.74) is 0.527. The zero-order chi connectivity index (χ0) is 17.8. The highest BCUT2D eigenvalue weighted by atomic mass is 16.6. The van der Waals surface area contributed by atoms with Crippen molar-refractivity contribution in [2.24, 2.45) is 0 Å². The molecule has 5 heteroatoms. The molecule has 0 aliphatic rings. The van der Waals surface area contributed by atoms with E-state index >= 15 is 0 Å². The van der Waals surface area contributed by atoms with Gasteiger partial charge in [0.25, 0.3) is 11.6 Å². The second-order valence-corrected chi connectivity index (χ2v) is 6.16. The van der Waals surface area contributed by atoms with Crippen molar-refractivity contribution < 1.29 is 9.72 Å². The van der Waals surface area contributed by atoms with Crippen LogP contribution in [0.25, 0.3) is 0 Å². The minimum atomic E-state index is -0.452. The Kier molecular flexibility index (Phi) is 9.73. The van der Waals surface area contributed by atoms with Crippen molar-refractivity contribution in [3.63, 3.8) is 0 Å². The van der Waals surface area contributed by atoms with Gasteiger partial charge in [0.15, 0.2) is 0 Å². The summed E-state index contributed by atoms with van der Waals surface area (Å²) >= 11 is 0. The molecule has 0 radical (unpaired) electrons. The van der Waals surface area contributed by atoms with E-state index in [0.29, 0.717) is 12.1 Å². The van der Waals surface area contributed by atoms with E-state index in [0.717, 1.165) is 19.4 Å². The molecular formula is C19H30N2O3. The van der Waals surface area contributed by atoms with Crippen LogP contribution < -0.4 is 0 Å². The lowest BCUT2D eigenvalue weighted by Gasteiger charge is -2.21. The van der Waals surface area contributed by atoms with Crippen LogP contribution in [0.2, 0.25) is 0 Å². The number of nitrogens with zero attached hydrogens (tertiary/aromatic N) is 2. The third-order valence-corrected chi connectivity index (χ3v) is 4.28. The number of hydrogen-bond acceptors (Lipinski definition) is 3. The van der Waals surface area contributed by atoms with Gasteiger partial charge in [-0.3, -0.25) is 14.9 Å². The van der Waals surface area contributed by atoms with E-state index in [-0.39, 0.29) is 11.6 Å². The van der Waals surface area contributed by atoms with E-state index in [1.807, 2.05) is 11.8 Å². The van der Waals surface area contributed by atoms with Crippen LogP contribution in [0.5, 0.6) is 0 Å². The van der Waals surface area contributed by atoms with Crippen molar-refractivity contribution in [1.82, 2.24) is 4.90 Å². The van der Waals surface area contributed by atoms with Crippen LogP contribution in [0.15, 0.2) is 24.3 Å². The summed E-state index contributed by atoms with van der Waals surface area (Å²) in [6.45, 7) is 5.60. The van der Waals surface area contributed by atoms with Gasteiger partial charge in [0.1, 0.15) is 0 Å². The highest BCUT2D eigenvalue weighted by Crippen LogP contribution is 2.14. The van der Waals surface area contributed by atoms with Gasteiger partial charge in [-0.1, -0.05) is 51.9 Å². The van der Waals surface area contributed by atoms with E-state index in [9.17, 15) is 14.9 Å². The molecule has 0 aromatic heterocycles. The van der Waals surface area contributed by atoms with Gasteiger partial charge in [-0.25, -0.2) is 0 Å². The van der Waals surface area contributed by atoms with Gasteiger partial charge in [-0.15, -0.1) is 0 Å². The Labute approximate surface area is 145 Å². The Morgan fingerprint density at radius 3 is 2.00 bits per heavy atom. The van der Waals surface area contributed by atoms with E-state index in [1.54, 1.807) is 0 Å². The minimum Gasteiger partial charge on any atom is -0.339 e. The van der Waals surface area contributed by atoms with Gasteiger partial charge in [0, 0.05) is 30.8 Å². The average molecular weight is 334 g/mol. The highest BCUT2D eigenvalue weighted by molar-refractivity contribution is 5.94. The maximum atomic E-state index is 12.5. The number of carbonyl (C=O) groups is 1. The van der Waals surface area contributed by atoms with Gasteiger partial charge < -0.3 is 4.90 Å². The summed E-state index contributed by atoms with van der Waals surface area (Å²) in [7, 11) is 0. The smallest absolute Gasteiger partial charge is 0.269 e. The predicted octanol–water partition coefficient (Wildman–Crippen LogP) is 5.20. The molecule has 0 unspecified atom stereocenters. The second kappa shape index (κ2) is 11.6. The summed E-state index contributed by atoms with van der Waals surface area (Å²) < 4.78 is 0. The Morgan fingerprint density at radius 1 is 0.958 bits per heavy atom. The van der Waals surface area contributed by atoms with Gasteiger partial charge in [0.2, 0.25) is 0 Å². The van der Waals surface area contributed by atoms with Crippen molar-refractivity contribution in [2.45, 2.75) is 65.2 Å². The monoisotopic (exact) mass is 334 g/mol. The standard InChI is InChI=1S/C19H30N2O3/c1-3-5-6-7-8-9-10-11-16-20(4-2)19(22)17-12-14-18(15-13-17)21(23)24/h12-15H,3-11,16H2,1-2H3. The first-order valence-electron chi connectivity index (χ1n) is 9.13. The summed E-state index contributed by atoms with van der Waals surface area (Å²) in [5.74, 6) is -0.0460. The Balaban J connectivity index is 2.34. The Bertz CT molecular complexity index is 500. The van der Waals surface area contributed by atoms with Gasteiger partial charge in [-0.05, 0) is 25.5 Å². The van der Waals surface area contributed by atoms with E-state index in [1.165, 1.54) is 62.8 Å². The topological polar surface area (TPSA) is 63.5 Å². The number of nitro groups is 1. The fourth-order valence-electron chi connectivity index (χ4n) is 2.75. The molecule has 5 nitrogen and oxygen atoms in total. The van der Waals surface area contributed by atoms with E-state index in [2.05, 4.69) is 6.92 Å². The number of hydrogen-bond donors (Lipinski definition) is 0. The van der Waals surface area contributed by atoms with Crippen molar-refractivity contribution in [2.75, 3.05) is 13.1 Å². The number of non-ortho nitro benzene ring substituents is 1. The van der Waals surface area contributed by atoms with E-state index in [4.69, 9.17) is 0 Å². The molecule has 0 saturated carbocycles. The highest BCUT2D eigenvalue weighted by Gasteiger charge is 2.15. The first-order chi connectivity index (χ1) is 11.6. The minimum absolute atomic E-state index is 0.0117. The molecule has 1 aromatic rings. The summed E-state index contributed by atoms with van der Waals surface area (Å²) in [6.07, 6.45) is 9.92. The van der Waals surface area contributed by atoms with Gasteiger partial charge in [-0.2, -0.15) is 0 Å². The fourth-order valence-corrected chi connectivity index (χ4v) is 2.75. The first-order valence-corrected chi connectivity index (χ1v) is 9.13. The predicted molar refractivity (Wildman–Crippen MR) is 97.3 cm³/mol. The zero-order valence-corrected chi connectivity index (χ0v) is 15.0. The summed E-state index contributed by atoms with van der Waals surface area (Å²) in [5, 5.41) is 10.7. The molecule has 0 saturated heterocycles. The van der Waals surface area contributed by atoms with Gasteiger partial charge >= 0.3 is 0 Å². The summed E-state index contributed by atoms with van der Waals surface area (Å²) in [6, 6.07) is 5.85. The molecule has 0 aliphatic carbocycles. The lowest BCUT2D eigenvalue weighted by atomic mass is 10.1. The maximum absolute atomic E-state index is 12.5. The number of amides is 1. The normalized spacial score (nSPS) is 10.6. The quantitative estimate of drug-likeness (QED) is 0.300. The van der Waals surface area contributed by atoms with Crippen molar-refractivity contribution >= 4 is 11.6 Å². The third-order valence-electron chi connectivity index (χ3n) is 4.28. The molecule has 0 bridgehead atoms. The van der Waals surface area contributed by atoms with Crippen molar-refractivity contribution in [1.29, 1.82) is 0 Å². The molecule has 0 atom stereocenters. The molecule has 1 rings (SSSR count). The molecule has 0 heterocycles. The van der Waals surface area contributed by atoms with Crippen LogP contribution in [-0.4, -0.2) is 28.8 Å². The van der Waals surface area contributed by atoms with Gasteiger partial charge in [0.05, 0.1) is 4.92 Å². The molecule has 0 fully saturated rings. The first kappa shape index (κ1) is 20.1. The molecule has 1 aromatic carbocycles. The lowest BCUT2D eigenvalue weighted by Crippen LogP contribution is -2.31. The van der Waals surface area contributed by atoms with Crippen molar-refractivity contribution in [3.05, 3.63) is 39.9 Å². The van der Waals surface area contributed by atoms with Crippen LogP contribution >= 0.6 is 0 Å². The Hall–Kier alpha value is -1.91. The second-order valence-electron chi connectivity index (χ2n) is 6.16. The van der Waals surface area contributed by atoms with Crippen LogP contribution in [0, 0.1) is 10.1 Å². The molecule has 0 N–H and O–H groups in total. The Morgan fingerprint density at radius 2 is 1.50 bits per heavy atom. The summed E-state index contributed by atoms with van der Waals surface area (Å²) in [4.78, 5) is 24.5. The molecule has 0 aliphatic heterocycles. The zero-order valence-electron chi connectivity index (χ0n) is 15.0. The largest absolute Gasteiger partial charge is 0.339 e. The number of nitro benzene ring substituents is 1. The fraction of sp³-hybridized carbons (Fsp3) is 0.632. The number of unbranched alkanes of at least 4 members (excludes halogenated alkanes) is 7. The maximum Gasteiger partial charge on any atom is 0.269 e. The number of rotatable bonds is 12. The van der Waals surface area contributed by atoms with Crippen LogP contribution in [0.3, 0.4) is 0 Å². The molecule has 24 heavy (non-hydrogen) atoms. The van der Waals surface area contributed by atoms with E-state index < -0.39 is 4.92 Å². The van der Waals surface area contributed by atoms with Crippen LogP contribution in [-0.2, 0) is 0 Å². The number of carbonyl (C=O) groups excluding carboxylic acids is 1. The average Bonchev–Trinajstić information content (AvgIpc) is 2.60.